The second kappa shape index (κ2) is 12.0. The van der Waals surface area contributed by atoms with Gasteiger partial charge in [-0.15, -0.1) is 9.36 Å². The third kappa shape index (κ3) is 6.37. The van der Waals surface area contributed by atoms with Crippen LogP contribution in [0.1, 0.15) is 77.4 Å². The van der Waals surface area contributed by atoms with E-state index in [0.717, 1.165) is 19.4 Å². The van der Waals surface area contributed by atoms with Crippen LogP contribution < -0.4 is 27.1 Å². The lowest BCUT2D eigenvalue weighted by atomic mass is 10.2. The lowest BCUT2D eigenvalue weighted by Crippen LogP contribution is -3.00. The molecule has 0 aliphatic rings. The number of hydrogen-bond donors (Lipinski definition) is 1. The maximum atomic E-state index is 4.86. The van der Waals surface area contributed by atoms with Crippen LogP contribution in [0.25, 0.3) is 0 Å². The molecule has 1 aromatic rings. The van der Waals surface area contributed by atoms with Gasteiger partial charge in [0, 0.05) is 13.5 Å². The molecule has 0 saturated heterocycles. The van der Waals surface area contributed by atoms with E-state index in [1.165, 1.54) is 56.6 Å². The molecule has 1 heterocycles. The van der Waals surface area contributed by atoms with Gasteiger partial charge in [-0.2, -0.15) is 0 Å². The van der Waals surface area contributed by atoms with Gasteiger partial charge < -0.3 is 17.0 Å². The Kier molecular flexibility index (Phi) is 11.7. The lowest BCUT2D eigenvalue weighted by Gasteiger charge is -2.02. The molecule has 1 rings (SSSR count). The molecule has 0 aliphatic heterocycles. The molecule has 0 amide bonds. The van der Waals surface area contributed by atoms with E-state index in [-0.39, 0.29) is 17.0 Å². The summed E-state index contributed by atoms with van der Waals surface area (Å²) in [5.74, 6) is 2.54. The summed E-state index contributed by atoms with van der Waals surface area (Å²) in [5, 5.41) is 4.86. The molecule has 0 atom stereocenters. The van der Waals surface area contributed by atoms with Crippen molar-refractivity contribution in [1.82, 2.24) is 9.77 Å². The summed E-state index contributed by atoms with van der Waals surface area (Å²) >= 11 is 0. The highest BCUT2D eigenvalue weighted by molar-refractivity contribution is 4.94. The normalized spacial score (nSPS) is 10.5. The highest BCUT2D eigenvalue weighted by Crippen LogP contribution is 2.07. The summed E-state index contributed by atoms with van der Waals surface area (Å²) in [5.41, 5.74) is 3.33. The van der Waals surface area contributed by atoms with Crippen LogP contribution in [0, 0.1) is 0 Å². The van der Waals surface area contributed by atoms with E-state index >= 15 is 0 Å². The minimum Gasteiger partial charge on any atom is -1.00 e. The van der Waals surface area contributed by atoms with Gasteiger partial charge in [-0.25, -0.2) is 0 Å². The van der Waals surface area contributed by atoms with E-state index in [2.05, 4.69) is 35.6 Å². The number of aryl methyl sites for hydroxylation is 2. The topological polar surface area (TPSA) is 33.7 Å². The Morgan fingerprint density at radius 3 is 2.14 bits per heavy atom. The van der Waals surface area contributed by atoms with Crippen LogP contribution >= 0.6 is 0 Å². The van der Waals surface area contributed by atoms with Gasteiger partial charge in [0.25, 0.3) is 5.82 Å². The molecule has 5 heteroatoms. The Morgan fingerprint density at radius 1 is 0.952 bits per heavy atom. The van der Waals surface area contributed by atoms with Crippen molar-refractivity contribution in [1.29, 1.82) is 0 Å². The van der Waals surface area contributed by atoms with Crippen molar-refractivity contribution in [3.63, 3.8) is 0 Å². The van der Waals surface area contributed by atoms with Gasteiger partial charge in [-0.05, 0) is 30.8 Å². The predicted molar refractivity (Wildman–Crippen MR) is 84.5 cm³/mol. The Hall–Kier alpha value is -0.580. The number of nitrogens with one attached hydrogen (secondary N) is 1. The predicted octanol–water partition coefficient (Wildman–Crippen LogP) is 0.223. The number of rotatable bonds is 11. The minimum absolute atomic E-state index is 0. The molecule has 1 N–H and O–H groups in total. The van der Waals surface area contributed by atoms with Crippen LogP contribution in [-0.4, -0.2) is 16.8 Å². The van der Waals surface area contributed by atoms with Crippen LogP contribution in [0.4, 0.5) is 0 Å². The highest BCUT2D eigenvalue weighted by Gasteiger charge is 2.23. The maximum Gasteiger partial charge on any atom is 0.302 e. The highest BCUT2D eigenvalue weighted by atomic mass is 79.9. The summed E-state index contributed by atoms with van der Waals surface area (Å²) in [6, 6.07) is 0. The van der Waals surface area contributed by atoms with Gasteiger partial charge in [0.1, 0.15) is 6.54 Å². The molecular weight excluding hydrogens is 328 g/mol. The van der Waals surface area contributed by atoms with Crippen LogP contribution in [0.5, 0.6) is 0 Å². The van der Waals surface area contributed by atoms with Crippen LogP contribution in [-0.2, 0) is 19.4 Å². The molecular formula is C16H33BrN4. The molecule has 0 fully saturated rings. The first kappa shape index (κ1) is 20.4. The van der Waals surface area contributed by atoms with Crippen molar-refractivity contribution in [3.05, 3.63) is 11.6 Å². The Balaban J connectivity index is 0.00000400. The number of hydrogen-bond acceptors (Lipinski definition) is 2. The summed E-state index contributed by atoms with van der Waals surface area (Å²) < 4.78 is 4.46. The summed E-state index contributed by atoms with van der Waals surface area (Å²) in [7, 11) is 2.00. The van der Waals surface area contributed by atoms with E-state index < -0.39 is 0 Å². The average molecular weight is 361 g/mol. The summed E-state index contributed by atoms with van der Waals surface area (Å²) in [4.78, 5) is 0. The molecule has 1 aromatic heterocycles. The smallest absolute Gasteiger partial charge is 0.302 e. The number of aromatic nitrogens is 3. The Bertz CT molecular complexity index is 377. The standard InChI is InChI=1S/C16H33N4.BrH/c1-5-8-11-14-19-16(13-10-7-3)20(17-4)15(18-19)12-9-6-2;/h17H,5-14H2,1-4H3;1H/q+1;/p-1. The summed E-state index contributed by atoms with van der Waals surface area (Å²) in [6.07, 6.45) is 10.9. The van der Waals surface area contributed by atoms with E-state index in [1.807, 2.05) is 7.05 Å². The van der Waals surface area contributed by atoms with Gasteiger partial charge >= 0.3 is 5.82 Å². The van der Waals surface area contributed by atoms with E-state index in [1.54, 1.807) is 0 Å². The average Bonchev–Trinajstić information content (AvgIpc) is 2.80. The first-order valence-electron chi connectivity index (χ1n) is 8.46. The molecule has 0 radical (unpaired) electrons. The SMILES string of the molecule is CCCCC[n+]1nc(CCCC)n(NC)c1CCCC.[Br-]. The van der Waals surface area contributed by atoms with Crippen molar-refractivity contribution in [2.24, 2.45) is 0 Å². The maximum absolute atomic E-state index is 4.86. The van der Waals surface area contributed by atoms with Gasteiger partial charge in [-0.3, -0.25) is 5.43 Å². The van der Waals surface area contributed by atoms with Gasteiger partial charge in [0.05, 0.1) is 6.42 Å². The number of nitrogens with zero attached hydrogens (tertiary/aromatic N) is 3. The Morgan fingerprint density at radius 2 is 1.57 bits per heavy atom. The number of halogens is 1. The fourth-order valence-electron chi connectivity index (χ4n) is 2.53. The minimum atomic E-state index is 0. The van der Waals surface area contributed by atoms with Gasteiger partial charge in [-0.1, -0.05) is 40.0 Å². The molecule has 21 heavy (non-hydrogen) atoms. The van der Waals surface area contributed by atoms with Crippen molar-refractivity contribution in [2.45, 2.75) is 85.1 Å². The van der Waals surface area contributed by atoms with E-state index in [9.17, 15) is 0 Å². The van der Waals surface area contributed by atoms with Crippen molar-refractivity contribution in [3.8, 4) is 0 Å². The zero-order valence-corrected chi connectivity index (χ0v) is 15.9. The third-order valence-electron chi connectivity index (χ3n) is 3.76. The monoisotopic (exact) mass is 360 g/mol. The zero-order valence-electron chi connectivity index (χ0n) is 14.3. The van der Waals surface area contributed by atoms with E-state index in [4.69, 9.17) is 5.10 Å². The Labute approximate surface area is 141 Å². The van der Waals surface area contributed by atoms with Crippen LogP contribution in [0.2, 0.25) is 0 Å². The number of unbranched alkanes of at least 4 members (excludes halogenated alkanes) is 4. The largest absolute Gasteiger partial charge is 1.00 e. The van der Waals surface area contributed by atoms with Crippen molar-refractivity contribution < 1.29 is 21.7 Å². The second-order valence-electron chi connectivity index (χ2n) is 5.53. The first-order valence-corrected chi connectivity index (χ1v) is 8.46. The molecule has 0 unspecified atom stereocenters. The fourth-order valence-corrected chi connectivity index (χ4v) is 2.53. The van der Waals surface area contributed by atoms with Crippen LogP contribution in [0.15, 0.2) is 0 Å². The molecule has 0 saturated carbocycles. The first-order chi connectivity index (χ1) is 9.78. The van der Waals surface area contributed by atoms with Crippen molar-refractivity contribution >= 4 is 0 Å². The van der Waals surface area contributed by atoms with Gasteiger partial charge in [0.2, 0.25) is 0 Å². The van der Waals surface area contributed by atoms with Crippen molar-refractivity contribution in [2.75, 3.05) is 12.5 Å². The quantitative estimate of drug-likeness (QED) is 0.452. The second-order valence-corrected chi connectivity index (χ2v) is 5.53. The molecule has 0 spiro atoms. The van der Waals surface area contributed by atoms with Crippen LogP contribution in [0.3, 0.4) is 0 Å². The summed E-state index contributed by atoms with van der Waals surface area (Å²) in [6.45, 7) is 7.79. The molecule has 0 bridgehead atoms. The van der Waals surface area contributed by atoms with E-state index in [0.29, 0.717) is 0 Å². The molecule has 0 aromatic carbocycles. The molecule has 124 valence electrons. The van der Waals surface area contributed by atoms with Gasteiger partial charge in [0.15, 0.2) is 0 Å². The molecule has 0 aliphatic carbocycles. The fraction of sp³-hybridized carbons (Fsp3) is 0.875. The third-order valence-corrected chi connectivity index (χ3v) is 3.76. The zero-order chi connectivity index (χ0) is 14.8. The lowest BCUT2D eigenvalue weighted by molar-refractivity contribution is -0.759. The molecule has 4 nitrogen and oxygen atoms in total.